The van der Waals surface area contributed by atoms with Crippen LogP contribution in [-0.2, 0) is 10.0 Å². The predicted octanol–water partition coefficient (Wildman–Crippen LogP) is 3.28. The third-order valence-corrected chi connectivity index (χ3v) is 5.34. The molecule has 0 saturated heterocycles. The number of hydrazone groups is 1. The first-order valence-corrected chi connectivity index (χ1v) is 9.75. The maximum atomic E-state index is 12.0. The van der Waals surface area contributed by atoms with Gasteiger partial charge in [0.15, 0.2) is 0 Å². The van der Waals surface area contributed by atoms with Gasteiger partial charge in [0.25, 0.3) is 0 Å². The van der Waals surface area contributed by atoms with Crippen LogP contribution in [0.5, 0.6) is 0 Å². The zero-order valence-corrected chi connectivity index (χ0v) is 14.7. The smallest absolute Gasteiger partial charge is 0.242 e. The van der Waals surface area contributed by atoms with Crippen LogP contribution in [-0.4, -0.2) is 25.2 Å². The van der Waals surface area contributed by atoms with Gasteiger partial charge in [-0.3, -0.25) is 5.43 Å². The SMILES string of the molecule is CC(C)NS(=O)(=O)c1ccc(NN=C2CCCCCCC2)nc1. The monoisotopic (exact) mass is 338 g/mol. The molecule has 128 valence electrons. The van der Waals surface area contributed by atoms with Gasteiger partial charge in [-0.25, -0.2) is 18.1 Å². The first-order valence-electron chi connectivity index (χ1n) is 8.27. The molecule has 2 rings (SSSR count). The first-order chi connectivity index (χ1) is 11.0. The molecule has 1 aromatic rings. The largest absolute Gasteiger partial charge is 0.261 e. The molecule has 0 radical (unpaired) electrons. The highest BCUT2D eigenvalue weighted by Crippen LogP contribution is 2.16. The number of sulfonamides is 1. The second-order valence-corrected chi connectivity index (χ2v) is 7.93. The molecule has 1 aliphatic rings. The van der Waals surface area contributed by atoms with Crippen molar-refractivity contribution in [2.24, 2.45) is 5.10 Å². The van der Waals surface area contributed by atoms with E-state index < -0.39 is 10.0 Å². The summed E-state index contributed by atoms with van der Waals surface area (Å²) < 4.78 is 26.6. The van der Waals surface area contributed by atoms with E-state index >= 15 is 0 Å². The van der Waals surface area contributed by atoms with Crippen molar-refractivity contribution in [3.05, 3.63) is 18.3 Å². The van der Waals surface area contributed by atoms with Gasteiger partial charge >= 0.3 is 0 Å². The molecule has 0 unspecified atom stereocenters. The van der Waals surface area contributed by atoms with Crippen LogP contribution < -0.4 is 10.1 Å². The molecule has 1 aliphatic carbocycles. The van der Waals surface area contributed by atoms with Crippen molar-refractivity contribution in [3.63, 3.8) is 0 Å². The summed E-state index contributed by atoms with van der Waals surface area (Å²) in [6, 6.07) is 3.03. The lowest BCUT2D eigenvalue weighted by Gasteiger charge is -2.11. The van der Waals surface area contributed by atoms with Gasteiger partial charge in [-0.15, -0.1) is 0 Å². The molecule has 23 heavy (non-hydrogen) atoms. The van der Waals surface area contributed by atoms with Crippen LogP contribution in [0.25, 0.3) is 0 Å². The molecule has 2 N–H and O–H groups in total. The normalized spacial score (nSPS) is 16.7. The summed E-state index contributed by atoms with van der Waals surface area (Å²) >= 11 is 0. The van der Waals surface area contributed by atoms with E-state index in [1.807, 2.05) is 0 Å². The molecule has 0 spiro atoms. The van der Waals surface area contributed by atoms with Gasteiger partial charge in [-0.05, 0) is 51.7 Å². The van der Waals surface area contributed by atoms with Crippen LogP contribution in [0.4, 0.5) is 5.82 Å². The maximum Gasteiger partial charge on any atom is 0.242 e. The molecule has 1 aromatic heterocycles. The molecule has 1 fully saturated rings. The lowest BCUT2D eigenvalue weighted by Crippen LogP contribution is -2.30. The number of pyridine rings is 1. The Morgan fingerprint density at radius 3 is 2.30 bits per heavy atom. The molecule has 0 atom stereocenters. The van der Waals surface area contributed by atoms with Crippen LogP contribution >= 0.6 is 0 Å². The number of hydrogen-bond acceptors (Lipinski definition) is 5. The van der Waals surface area contributed by atoms with Crippen LogP contribution in [0.1, 0.15) is 58.8 Å². The summed E-state index contributed by atoms with van der Waals surface area (Å²) in [6.07, 6.45) is 9.64. The minimum absolute atomic E-state index is 0.150. The van der Waals surface area contributed by atoms with Crippen LogP contribution in [0.15, 0.2) is 28.3 Å². The summed E-state index contributed by atoms with van der Waals surface area (Å²) in [4.78, 5) is 4.30. The Bertz CT molecular complexity index is 614. The van der Waals surface area contributed by atoms with Gasteiger partial charge in [0.2, 0.25) is 10.0 Å². The van der Waals surface area contributed by atoms with Crippen molar-refractivity contribution in [3.8, 4) is 0 Å². The maximum absolute atomic E-state index is 12.0. The van der Waals surface area contributed by atoms with Gasteiger partial charge < -0.3 is 0 Å². The molecule has 0 bridgehead atoms. The van der Waals surface area contributed by atoms with Crippen LogP contribution in [0.2, 0.25) is 0 Å². The van der Waals surface area contributed by atoms with Gasteiger partial charge in [-0.1, -0.05) is 19.3 Å². The Kier molecular flexibility index (Phi) is 6.53. The second kappa shape index (κ2) is 8.40. The van der Waals surface area contributed by atoms with E-state index in [0.29, 0.717) is 5.82 Å². The number of nitrogens with zero attached hydrogens (tertiary/aromatic N) is 2. The van der Waals surface area contributed by atoms with E-state index in [9.17, 15) is 8.42 Å². The third kappa shape index (κ3) is 5.91. The minimum atomic E-state index is -3.50. The number of hydrogen-bond donors (Lipinski definition) is 2. The summed E-state index contributed by atoms with van der Waals surface area (Å²) in [5.74, 6) is 0.558. The Morgan fingerprint density at radius 1 is 1.09 bits per heavy atom. The highest BCUT2D eigenvalue weighted by molar-refractivity contribution is 7.89. The van der Waals surface area contributed by atoms with Gasteiger partial charge in [0, 0.05) is 18.0 Å². The quantitative estimate of drug-likeness (QED) is 0.807. The number of rotatable bonds is 5. The topological polar surface area (TPSA) is 83.5 Å². The zero-order valence-electron chi connectivity index (χ0n) is 13.9. The van der Waals surface area contributed by atoms with Crippen molar-refractivity contribution in [2.45, 2.75) is 69.7 Å². The van der Waals surface area contributed by atoms with E-state index in [4.69, 9.17) is 0 Å². The molecule has 1 saturated carbocycles. The van der Waals surface area contributed by atoms with Crippen molar-refractivity contribution in [1.82, 2.24) is 9.71 Å². The molecule has 0 aromatic carbocycles. The average molecular weight is 338 g/mol. The predicted molar refractivity (Wildman–Crippen MR) is 93.1 cm³/mol. The number of anilines is 1. The summed E-state index contributed by atoms with van der Waals surface area (Å²) in [7, 11) is -3.50. The second-order valence-electron chi connectivity index (χ2n) is 6.21. The van der Waals surface area contributed by atoms with E-state index in [2.05, 4.69) is 20.2 Å². The fraction of sp³-hybridized carbons (Fsp3) is 0.625. The molecule has 0 aliphatic heterocycles. The number of nitrogens with one attached hydrogen (secondary N) is 2. The number of aromatic nitrogens is 1. The Labute approximate surface area is 138 Å². The zero-order chi connectivity index (χ0) is 16.7. The summed E-state index contributed by atoms with van der Waals surface area (Å²) in [6.45, 7) is 3.57. The molecule has 0 amide bonds. The summed E-state index contributed by atoms with van der Waals surface area (Å²) in [5, 5.41) is 4.43. The van der Waals surface area contributed by atoms with Crippen molar-refractivity contribution >= 4 is 21.6 Å². The molecular weight excluding hydrogens is 312 g/mol. The lowest BCUT2D eigenvalue weighted by molar-refractivity contribution is 0.569. The molecule has 6 nitrogen and oxygen atoms in total. The van der Waals surface area contributed by atoms with Crippen molar-refractivity contribution in [2.75, 3.05) is 5.43 Å². The Morgan fingerprint density at radius 2 is 1.74 bits per heavy atom. The highest BCUT2D eigenvalue weighted by Gasteiger charge is 2.15. The van der Waals surface area contributed by atoms with Gasteiger partial charge in [-0.2, -0.15) is 5.10 Å². The molecular formula is C16H26N4O2S. The minimum Gasteiger partial charge on any atom is -0.261 e. The van der Waals surface area contributed by atoms with E-state index in [0.717, 1.165) is 12.8 Å². The standard InChI is InChI=1S/C16H26N4O2S/c1-13(2)20-23(21,22)15-10-11-16(17-12-15)19-18-14-8-6-4-3-5-7-9-14/h10-13,20H,3-9H2,1-2H3,(H,17,19). The van der Waals surface area contributed by atoms with Crippen LogP contribution in [0, 0.1) is 0 Å². The first kappa shape index (κ1) is 17.9. The third-order valence-electron chi connectivity index (χ3n) is 3.70. The Hall–Kier alpha value is -1.47. The lowest BCUT2D eigenvalue weighted by atomic mass is 9.99. The Balaban J connectivity index is 1.99. The van der Waals surface area contributed by atoms with E-state index in [1.54, 1.807) is 26.0 Å². The van der Waals surface area contributed by atoms with Crippen LogP contribution in [0.3, 0.4) is 0 Å². The molecule has 7 heteroatoms. The van der Waals surface area contributed by atoms with Gasteiger partial charge in [0.05, 0.1) is 0 Å². The van der Waals surface area contributed by atoms with Gasteiger partial charge in [0.1, 0.15) is 10.7 Å². The fourth-order valence-electron chi connectivity index (χ4n) is 2.55. The van der Waals surface area contributed by atoms with E-state index in [-0.39, 0.29) is 10.9 Å². The highest BCUT2D eigenvalue weighted by atomic mass is 32.2. The summed E-state index contributed by atoms with van der Waals surface area (Å²) in [5.41, 5.74) is 4.11. The average Bonchev–Trinajstić information content (AvgIpc) is 2.45. The molecule has 1 heterocycles. The van der Waals surface area contributed by atoms with Crippen molar-refractivity contribution < 1.29 is 8.42 Å². The van der Waals surface area contributed by atoms with Crippen molar-refractivity contribution in [1.29, 1.82) is 0 Å². The fourth-order valence-corrected chi connectivity index (χ4v) is 3.74. The van der Waals surface area contributed by atoms with E-state index in [1.165, 1.54) is 44.0 Å².